The number of fused-ring (bicyclic) bond motifs is 2. The van der Waals surface area contributed by atoms with Crippen molar-refractivity contribution in [2.24, 2.45) is 0 Å². The van der Waals surface area contributed by atoms with E-state index in [0.717, 1.165) is 35.8 Å². The maximum Gasteiger partial charge on any atom is 0.0868 e. The van der Waals surface area contributed by atoms with Crippen LogP contribution in [0.5, 0.6) is 0 Å². The predicted molar refractivity (Wildman–Crippen MR) is 85.0 cm³/mol. The largest absolute Gasteiger partial charge is 0.384 e. The zero-order chi connectivity index (χ0) is 13.4. The van der Waals surface area contributed by atoms with Gasteiger partial charge in [0.2, 0.25) is 0 Å². The van der Waals surface area contributed by atoms with Crippen molar-refractivity contribution in [1.82, 2.24) is 4.98 Å². The number of nitrogens with zero attached hydrogens (tertiary/aromatic N) is 1. The molecule has 0 aliphatic heterocycles. The first-order valence-corrected chi connectivity index (χ1v) is 7.85. The zero-order valence-electron chi connectivity index (χ0n) is 11.5. The highest BCUT2D eigenvalue weighted by Crippen LogP contribution is 2.37. The summed E-state index contributed by atoms with van der Waals surface area (Å²) in [5.41, 5.74) is 6.43. The van der Waals surface area contributed by atoms with Crippen molar-refractivity contribution >= 4 is 32.5 Å². The van der Waals surface area contributed by atoms with Gasteiger partial charge < -0.3 is 5.32 Å². The van der Waals surface area contributed by atoms with E-state index in [0.29, 0.717) is 0 Å². The van der Waals surface area contributed by atoms with E-state index < -0.39 is 0 Å². The highest BCUT2D eigenvalue weighted by Gasteiger charge is 2.20. The number of nitrogens with one attached hydrogen (secondary N) is 1. The van der Waals surface area contributed by atoms with Crippen LogP contribution < -0.4 is 5.32 Å². The summed E-state index contributed by atoms with van der Waals surface area (Å²) in [6.07, 6.45) is 4.66. The van der Waals surface area contributed by atoms with Gasteiger partial charge in [-0.05, 0) is 71.8 Å². The molecule has 1 aliphatic carbocycles. The molecule has 3 heteroatoms. The van der Waals surface area contributed by atoms with E-state index in [4.69, 9.17) is 4.98 Å². The number of pyridine rings is 1. The summed E-state index contributed by atoms with van der Waals surface area (Å²) in [7, 11) is 0. The Balaban J connectivity index is 2.28. The zero-order valence-corrected chi connectivity index (χ0v) is 13.1. The summed E-state index contributed by atoms with van der Waals surface area (Å²) in [4.78, 5) is 4.88. The molecule has 1 heterocycles. The summed E-state index contributed by atoms with van der Waals surface area (Å²) >= 11 is 3.67. The van der Waals surface area contributed by atoms with Crippen molar-refractivity contribution in [2.45, 2.75) is 39.5 Å². The van der Waals surface area contributed by atoms with Gasteiger partial charge in [0.1, 0.15) is 0 Å². The molecule has 0 atom stereocenters. The quantitative estimate of drug-likeness (QED) is 0.893. The molecule has 0 spiro atoms. The maximum absolute atomic E-state index is 4.88. The molecule has 1 N–H and O–H groups in total. The van der Waals surface area contributed by atoms with Crippen molar-refractivity contribution in [2.75, 3.05) is 11.9 Å². The lowest BCUT2D eigenvalue weighted by atomic mass is 10.0. The summed E-state index contributed by atoms with van der Waals surface area (Å²) in [5.74, 6) is 0. The number of aryl methyl sites for hydroxylation is 2. The van der Waals surface area contributed by atoms with Crippen molar-refractivity contribution in [3.05, 3.63) is 33.4 Å². The second kappa shape index (κ2) is 5.12. The second-order valence-corrected chi connectivity index (χ2v) is 6.19. The fraction of sp³-hybridized carbons (Fsp3) is 0.438. The van der Waals surface area contributed by atoms with Crippen molar-refractivity contribution < 1.29 is 0 Å². The van der Waals surface area contributed by atoms with Gasteiger partial charge in [-0.1, -0.05) is 6.92 Å². The predicted octanol–water partition coefficient (Wildman–Crippen LogP) is 4.62. The number of hydrogen-bond acceptors (Lipinski definition) is 2. The molecule has 0 radical (unpaired) electrons. The first-order valence-electron chi connectivity index (χ1n) is 7.06. The van der Waals surface area contributed by atoms with Crippen LogP contribution in [-0.2, 0) is 12.8 Å². The van der Waals surface area contributed by atoms with Crippen molar-refractivity contribution in [3.8, 4) is 0 Å². The molecule has 0 amide bonds. The molecule has 0 unspecified atom stereocenters. The fourth-order valence-corrected chi connectivity index (χ4v) is 3.57. The van der Waals surface area contributed by atoms with E-state index in [1.54, 1.807) is 0 Å². The summed E-state index contributed by atoms with van der Waals surface area (Å²) in [5, 5.41) is 4.90. The summed E-state index contributed by atoms with van der Waals surface area (Å²) < 4.78 is 1.11. The molecule has 0 saturated heterocycles. The van der Waals surface area contributed by atoms with Crippen LogP contribution in [0.1, 0.15) is 36.6 Å². The SMILES string of the molecule is CCCNc1c2c(nc3c(Br)cc(C)cc13)CCC2. The molecule has 1 aromatic carbocycles. The van der Waals surface area contributed by atoms with Crippen LogP contribution in [0.25, 0.3) is 10.9 Å². The molecular formula is C16H19BrN2. The summed E-state index contributed by atoms with van der Waals surface area (Å²) in [6, 6.07) is 4.41. The number of rotatable bonds is 3. The van der Waals surface area contributed by atoms with Gasteiger partial charge in [0, 0.05) is 27.8 Å². The number of benzene rings is 1. The highest BCUT2D eigenvalue weighted by molar-refractivity contribution is 9.10. The van der Waals surface area contributed by atoms with Gasteiger partial charge in [-0.15, -0.1) is 0 Å². The minimum Gasteiger partial charge on any atom is -0.384 e. The Morgan fingerprint density at radius 3 is 2.95 bits per heavy atom. The average Bonchev–Trinajstić information content (AvgIpc) is 2.83. The molecule has 1 aliphatic rings. The normalized spacial score (nSPS) is 13.8. The Kier molecular flexibility index (Phi) is 3.48. The number of hydrogen-bond donors (Lipinski definition) is 1. The molecule has 1 aromatic heterocycles. The van der Waals surface area contributed by atoms with Gasteiger partial charge in [0.15, 0.2) is 0 Å². The molecule has 3 rings (SSSR count). The van der Waals surface area contributed by atoms with Crippen LogP contribution in [0, 0.1) is 6.92 Å². The maximum atomic E-state index is 4.88. The molecule has 0 fully saturated rings. The van der Waals surface area contributed by atoms with Gasteiger partial charge in [0.05, 0.1) is 5.52 Å². The Morgan fingerprint density at radius 2 is 2.16 bits per heavy atom. The molecule has 0 bridgehead atoms. The van der Waals surface area contributed by atoms with Crippen LogP contribution in [0.4, 0.5) is 5.69 Å². The molecule has 0 saturated carbocycles. The lowest BCUT2D eigenvalue weighted by Crippen LogP contribution is -2.05. The minimum atomic E-state index is 1.02. The van der Waals surface area contributed by atoms with Gasteiger partial charge in [0.25, 0.3) is 0 Å². The standard InChI is InChI=1S/C16H19BrN2/c1-3-7-18-15-11-5-4-6-14(11)19-16-12(15)8-10(2)9-13(16)17/h8-9H,3-7H2,1-2H3,(H,18,19). The molecular weight excluding hydrogens is 300 g/mol. The number of anilines is 1. The lowest BCUT2D eigenvalue weighted by molar-refractivity contribution is 0.900. The minimum absolute atomic E-state index is 1.02. The van der Waals surface area contributed by atoms with Gasteiger partial charge in [-0.25, -0.2) is 0 Å². The Labute approximate surface area is 122 Å². The van der Waals surface area contributed by atoms with Crippen LogP contribution in [0.2, 0.25) is 0 Å². The van der Waals surface area contributed by atoms with Gasteiger partial charge in [-0.3, -0.25) is 4.98 Å². The third kappa shape index (κ3) is 2.25. The first-order chi connectivity index (χ1) is 9.20. The van der Waals surface area contributed by atoms with E-state index in [9.17, 15) is 0 Å². The number of aromatic nitrogens is 1. The van der Waals surface area contributed by atoms with Crippen LogP contribution in [-0.4, -0.2) is 11.5 Å². The topological polar surface area (TPSA) is 24.9 Å². The van der Waals surface area contributed by atoms with E-state index in [-0.39, 0.29) is 0 Å². The van der Waals surface area contributed by atoms with E-state index >= 15 is 0 Å². The second-order valence-electron chi connectivity index (χ2n) is 5.34. The van der Waals surface area contributed by atoms with Crippen LogP contribution in [0.3, 0.4) is 0 Å². The summed E-state index contributed by atoms with van der Waals surface area (Å²) in [6.45, 7) is 5.37. The van der Waals surface area contributed by atoms with Crippen LogP contribution in [0.15, 0.2) is 16.6 Å². The van der Waals surface area contributed by atoms with Gasteiger partial charge in [-0.2, -0.15) is 0 Å². The lowest BCUT2D eigenvalue weighted by Gasteiger charge is -2.15. The van der Waals surface area contributed by atoms with Crippen molar-refractivity contribution in [1.29, 1.82) is 0 Å². The Morgan fingerprint density at radius 1 is 1.32 bits per heavy atom. The molecule has 19 heavy (non-hydrogen) atoms. The fourth-order valence-electron chi connectivity index (χ4n) is 2.91. The smallest absolute Gasteiger partial charge is 0.0868 e. The third-order valence-electron chi connectivity index (χ3n) is 3.77. The van der Waals surface area contributed by atoms with E-state index in [2.05, 4.69) is 47.2 Å². The van der Waals surface area contributed by atoms with Crippen molar-refractivity contribution in [3.63, 3.8) is 0 Å². The average molecular weight is 319 g/mol. The van der Waals surface area contributed by atoms with E-state index in [1.807, 2.05) is 0 Å². The molecule has 2 aromatic rings. The monoisotopic (exact) mass is 318 g/mol. The van der Waals surface area contributed by atoms with E-state index in [1.165, 1.54) is 34.3 Å². The Bertz CT molecular complexity index is 634. The highest BCUT2D eigenvalue weighted by atomic mass is 79.9. The molecule has 2 nitrogen and oxygen atoms in total. The van der Waals surface area contributed by atoms with Gasteiger partial charge >= 0.3 is 0 Å². The molecule has 100 valence electrons. The number of halogens is 1. The third-order valence-corrected chi connectivity index (χ3v) is 4.37. The Hall–Kier alpha value is -1.09. The first kappa shape index (κ1) is 12.9. The van der Waals surface area contributed by atoms with Crippen LogP contribution >= 0.6 is 15.9 Å².